The van der Waals surface area contributed by atoms with Crippen LogP contribution in [0.4, 0.5) is 10.5 Å². The predicted molar refractivity (Wildman–Crippen MR) is 112 cm³/mol. The Morgan fingerprint density at radius 2 is 1.86 bits per heavy atom. The molecule has 2 amide bonds. The summed E-state index contributed by atoms with van der Waals surface area (Å²) in [6.07, 6.45) is 2.68. The van der Waals surface area contributed by atoms with Crippen LogP contribution in [0.3, 0.4) is 0 Å². The Hall–Kier alpha value is -3.34. The summed E-state index contributed by atoms with van der Waals surface area (Å²) in [6, 6.07) is 20.5. The smallest absolute Gasteiger partial charge is 0.320 e. The quantitative estimate of drug-likeness (QED) is 0.604. The number of pyridine rings is 1. The highest BCUT2D eigenvalue weighted by Gasteiger charge is 2.18. The zero-order chi connectivity index (χ0) is 19.8. The molecule has 5 heteroatoms. The molecule has 0 aliphatic carbocycles. The van der Waals surface area contributed by atoms with E-state index in [1.54, 1.807) is 6.20 Å². The van der Waals surface area contributed by atoms with Gasteiger partial charge in [0, 0.05) is 11.9 Å². The molecule has 0 fully saturated rings. The maximum Gasteiger partial charge on any atom is 0.320 e. The minimum atomic E-state index is -0.338. The molecule has 0 bridgehead atoms. The Kier molecular flexibility index (Phi) is 6.63. The van der Waals surface area contributed by atoms with Crippen molar-refractivity contribution in [2.45, 2.75) is 26.3 Å². The molecule has 0 aliphatic rings. The van der Waals surface area contributed by atoms with Gasteiger partial charge in [-0.3, -0.25) is 4.98 Å². The Morgan fingerprint density at radius 1 is 1.07 bits per heavy atom. The number of carbonyl (C=O) groups is 1. The van der Waals surface area contributed by atoms with E-state index in [1.165, 1.54) is 0 Å². The van der Waals surface area contributed by atoms with E-state index in [0.29, 0.717) is 6.61 Å². The molecule has 1 aromatic heterocycles. The number of anilines is 1. The standard InChI is InChI=1S/C23H25N3O2/c1-3-15-28-19-12-13-20(17(2)16-19)25-23(27)26-22(18-9-5-4-6-10-18)21-11-7-8-14-24-21/h4-14,16,22H,3,15H2,1-2H3,(H2,25,26,27). The van der Waals surface area contributed by atoms with Gasteiger partial charge in [0.1, 0.15) is 5.75 Å². The molecule has 1 unspecified atom stereocenters. The second kappa shape index (κ2) is 9.55. The van der Waals surface area contributed by atoms with Crippen LogP contribution in [0, 0.1) is 6.92 Å². The highest BCUT2D eigenvalue weighted by Crippen LogP contribution is 2.23. The van der Waals surface area contributed by atoms with Gasteiger partial charge in [0.15, 0.2) is 0 Å². The van der Waals surface area contributed by atoms with Crippen molar-refractivity contribution >= 4 is 11.7 Å². The summed E-state index contributed by atoms with van der Waals surface area (Å²) in [5.74, 6) is 0.806. The first-order valence-corrected chi connectivity index (χ1v) is 9.44. The molecule has 0 saturated heterocycles. The van der Waals surface area contributed by atoms with Crippen LogP contribution in [0.25, 0.3) is 0 Å². The van der Waals surface area contributed by atoms with E-state index in [4.69, 9.17) is 4.74 Å². The summed E-state index contributed by atoms with van der Waals surface area (Å²) in [5, 5.41) is 5.96. The van der Waals surface area contributed by atoms with Crippen molar-refractivity contribution in [3.63, 3.8) is 0 Å². The van der Waals surface area contributed by atoms with Gasteiger partial charge in [0.05, 0.1) is 18.3 Å². The van der Waals surface area contributed by atoms with Crippen molar-refractivity contribution in [2.24, 2.45) is 0 Å². The van der Waals surface area contributed by atoms with Gasteiger partial charge in [0.25, 0.3) is 0 Å². The van der Waals surface area contributed by atoms with Gasteiger partial charge in [-0.1, -0.05) is 43.3 Å². The molecule has 0 aliphatic heterocycles. The van der Waals surface area contributed by atoms with Gasteiger partial charge < -0.3 is 15.4 Å². The molecule has 5 nitrogen and oxygen atoms in total. The summed E-state index contributed by atoms with van der Waals surface area (Å²) in [4.78, 5) is 17.1. The molecule has 3 aromatic rings. The largest absolute Gasteiger partial charge is 0.494 e. The number of urea groups is 1. The number of hydrogen-bond acceptors (Lipinski definition) is 3. The SMILES string of the molecule is CCCOc1ccc(NC(=O)NC(c2ccccc2)c2ccccn2)c(C)c1. The Balaban J connectivity index is 1.74. The number of nitrogens with zero attached hydrogens (tertiary/aromatic N) is 1. The molecule has 144 valence electrons. The van der Waals surface area contributed by atoms with Crippen molar-refractivity contribution in [1.29, 1.82) is 0 Å². The van der Waals surface area contributed by atoms with Gasteiger partial charge in [-0.05, 0) is 54.8 Å². The molecule has 0 spiro atoms. The van der Waals surface area contributed by atoms with Crippen LogP contribution < -0.4 is 15.4 Å². The van der Waals surface area contributed by atoms with E-state index in [2.05, 4.69) is 22.5 Å². The van der Waals surface area contributed by atoms with Crippen LogP contribution in [-0.2, 0) is 0 Å². The first-order chi connectivity index (χ1) is 13.7. The highest BCUT2D eigenvalue weighted by molar-refractivity contribution is 5.90. The summed E-state index contributed by atoms with van der Waals surface area (Å²) in [6.45, 7) is 4.69. The number of amides is 2. The topological polar surface area (TPSA) is 63.2 Å². The number of ether oxygens (including phenoxy) is 1. The molecule has 2 N–H and O–H groups in total. The third-order valence-corrected chi connectivity index (χ3v) is 4.31. The lowest BCUT2D eigenvalue weighted by molar-refractivity contribution is 0.250. The molecule has 1 heterocycles. The molecular formula is C23H25N3O2. The highest BCUT2D eigenvalue weighted by atomic mass is 16.5. The molecule has 3 rings (SSSR count). The van der Waals surface area contributed by atoms with Gasteiger partial charge >= 0.3 is 6.03 Å². The minimum Gasteiger partial charge on any atom is -0.494 e. The van der Waals surface area contributed by atoms with Crippen LogP contribution in [0.2, 0.25) is 0 Å². The first-order valence-electron chi connectivity index (χ1n) is 9.44. The van der Waals surface area contributed by atoms with Crippen molar-refractivity contribution in [1.82, 2.24) is 10.3 Å². The number of hydrogen-bond donors (Lipinski definition) is 2. The van der Waals surface area contributed by atoms with Crippen molar-refractivity contribution in [3.05, 3.63) is 89.7 Å². The molecule has 0 saturated carbocycles. The lowest BCUT2D eigenvalue weighted by Crippen LogP contribution is -2.33. The zero-order valence-electron chi connectivity index (χ0n) is 16.2. The van der Waals surface area contributed by atoms with Crippen molar-refractivity contribution < 1.29 is 9.53 Å². The van der Waals surface area contributed by atoms with E-state index in [9.17, 15) is 4.79 Å². The normalized spacial score (nSPS) is 11.5. The van der Waals surface area contributed by atoms with Crippen molar-refractivity contribution in [3.8, 4) is 5.75 Å². The van der Waals surface area contributed by atoms with Gasteiger partial charge in [-0.25, -0.2) is 4.79 Å². The summed E-state index contributed by atoms with van der Waals surface area (Å²) in [7, 11) is 0. The third kappa shape index (κ3) is 5.10. The van der Waals surface area contributed by atoms with E-state index >= 15 is 0 Å². The Morgan fingerprint density at radius 3 is 2.54 bits per heavy atom. The fourth-order valence-corrected chi connectivity index (χ4v) is 2.90. The maximum absolute atomic E-state index is 12.7. The number of rotatable bonds is 7. The summed E-state index contributed by atoms with van der Waals surface area (Å²) < 4.78 is 5.64. The van der Waals surface area contributed by atoms with E-state index in [0.717, 1.165) is 34.7 Å². The number of benzene rings is 2. The summed E-state index contributed by atoms with van der Waals surface area (Å²) >= 11 is 0. The minimum absolute atomic E-state index is 0.287. The molecule has 0 radical (unpaired) electrons. The van der Waals surface area contributed by atoms with Crippen LogP contribution in [0.1, 0.15) is 36.2 Å². The fourth-order valence-electron chi connectivity index (χ4n) is 2.90. The lowest BCUT2D eigenvalue weighted by Gasteiger charge is -2.20. The third-order valence-electron chi connectivity index (χ3n) is 4.31. The molecule has 28 heavy (non-hydrogen) atoms. The zero-order valence-corrected chi connectivity index (χ0v) is 16.2. The van der Waals surface area contributed by atoms with Crippen LogP contribution in [0.15, 0.2) is 72.9 Å². The van der Waals surface area contributed by atoms with E-state index in [1.807, 2.05) is 73.7 Å². The van der Waals surface area contributed by atoms with Crippen LogP contribution in [0.5, 0.6) is 5.75 Å². The second-order valence-electron chi connectivity index (χ2n) is 6.52. The van der Waals surface area contributed by atoms with Gasteiger partial charge in [0.2, 0.25) is 0 Å². The molecule has 2 aromatic carbocycles. The van der Waals surface area contributed by atoms with E-state index < -0.39 is 0 Å². The predicted octanol–water partition coefficient (Wildman–Crippen LogP) is 5.09. The van der Waals surface area contributed by atoms with Crippen LogP contribution >= 0.6 is 0 Å². The van der Waals surface area contributed by atoms with Crippen LogP contribution in [-0.4, -0.2) is 17.6 Å². The monoisotopic (exact) mass is 375 g/mol. The lowest BCUT2D eigenvalue weighted by atomic mass is 10.0. The van der Waals surface area contributed by atoms with E-state index in [-0.39, 0.29) is 12.1 Å². The Bertz CT molecular complexity index is 859. The number of nitrogens with one attached hydrogen (secondary N) is 2. The van der Waals surface area contributed by atoms with Crippen molar-refractivity contribution in [2.75, 3.05) is 11.9 Å². The number of carbonyl (C=O) groups excluding carboxylic acids is 1. The summed E-state index contributed by atoms with van der Waals surface area (Å²) in [5.41, 5.74) is 3.44. The molecular weight excluding hydrogens is 350 g/mol. The second-order valence-corrected chi connectivity index (χ2v) is 6.52. The maximum atomic E-state index is 12.7. The van der Waals surface area contributed by atoms with Gasteiger partial charge in [-0.15, -0.1) is 0 Å². The average molecular weight is 375 g/mol. The first kappa shape index (κ1) is 19.4. The number of aromatic nitrogens is 1. The number of aryl methyl sites for hydroxylation is 1. The average Bonchev–Trinajstić information content (AvgIpc) is 2.73. The molecule has 1 atom stereocenters. The fraction of sp³-hybridized carbons (Fsp3) is 0.217. The van der Waals surface area contributed by atoms with Gasteiger partial charge in [-0.2, -0.15) is 0 Å². The Labute approximate surface area is 165 Å².